The predicted octanol–water partition coefficient (Wildman–Crippen LogP) is 1.45. The van der Waals surface area contributed by atoms with Gasteiger partial charge in [-0.3, -0.25) is 9.89 Å². The highest BCUT2D eigenvalue weighted by Gasteiger charge is 2.18. The maximum absolute atomic E-state index is 11.6. The second-order valence-electron chi connectivity index (χ2n) is 4.62. The molecule has 0 bridgehead atoms. The number of carbonyl (C=O) groups is 1. The van der Waals surface area contributed by atoms with E-state index < -0.39 is 6.04 Å². The fraction of sp³-hybridized carbons (Fsp3) is 0.636. The van der Waals surface area contributed by atoms with Gasteiger partial charge in [-0.1, -0.05) is 27.7 Å². The number of anilines is 1. The van der Waals surface area contributed by atoms with Gasteiger partial charge in [0, 0.05) is 11.8 Å². The van der Waals surface area contributed by atoms with Crippen LogP contribution in [0.1, 0.15) is 39.3 Å². The predicted molar refractivity (Wildman–Crippen MR) is 64.1 cm³/mol. The lowest BCUT2D eigenvalue weighted by Gasteiger charge is -2.13. The van der Waals surface area contributed by atoms with Gasteiger partial charge >= 0.3 is 0 Å². The van der Waals surface area contributed by atoms with E-state index in [2.05, 4.69) is 29.4 Å². The van der Waals surface area contributed by atoms with E-state index in [0.717, 1.165) is 5.69 Å². The van der Waals surface area contributed by atoms with Crippen molar-refractivity contribution >= 4 is 11.7 Å². The molecule has 90 valence electrons. The van der Waals surface area contributed by atoms with Crippen LogP contribution in [0.15, 0.2) is 6.07 Å². The van der Waals surface area contributed by atoms with Gasteiger partial charge in [-0.15, -0.1) is 0 Å². The van der Waals surface area contributed by atoms with Crippen molar-refractivity contribution in [1.82, 2.24) is 10.2 Å². The summed E-state index contributed by atoms with van der Waals surface area (Å²) in [5.41, 5.74) is 6.72. The smallest absolute Gasteiger partial charge is 0.242 e. The second kappa shape index (κ2) is 5.12. The Morgan fingerprint density at radius 3 is 2.50 bits per heavy atom. The fourth-order valence-electron chi connectivity index (χ4n) is 1.21. The third-order valence-electron chi connectivity index (χ3n) is 2.49. The van der Waals surface area contributed by atoms with Gasteiger partial charge in [0.25, 0.3) is 0 Å². The number of aromatic nitrogens is 2. The van der Waals surface area contributed by atoms with Crippen molar-refractivity contribution in [2.24, 2.45) is 11.7 Å². The average molecular weight is 224 g/mol. The Balaban J connectivity index is 2.63. The van der Waals surface area contributed by atoms with Crippen LogP contribution in [-0.4, -0.2) is 22.1 Å². The van der Waals surface area contributed by atoms with Crippen molar-refractivity contribution in [2.45, 2.75) is 39.7 Å². The molecule has 5 heteroatoms. The van der Waals surface area contributed by atoms with Crippen molar-refractivity contribution in [3.05, 3.63) is 11.8 Å². The zero-order chi connectivity index (χ0) is 12.3. The minimum atomic E-state index is -0.501. The summed E-state index contributed by atoms with van der Waals surface area (Å²) in [6, 6.07) is 1.33. The summed E-state index contributed by atoms with van der Waals surface area (Å²) in [4.78, 5) is 11.6. The number of nitrogens with two attached hydrogens (primary N) is 1. The Hall–Kier alpha value is -1.36. The number of carbonyl (C=O) groups excluding carboxylic acids is 1. The first kappa shape index (κ1) is 12.7. The zero-order valence-corrected chi connectivity index (χ0v) is 10.2. The molecule has 0 saturated heterocycles. The normalized spacial score (nSPS) is 13.2. The third-order valence-corrected chi connectivity index (χ3v) is 2.49. The maximum atomic E-state index is 11.6. The van der Waals surface area contributed by atoms with E-state index >= 15 is 0 Å². The average Bonchev–Trinajstić information content (AvgIpc) is 2.64. The summed E-state index contributed by atoms with van der Waals surface area (Å²) < 4.78 is 0. The molecule has 0 fully saturated rings. The molecule has 16 heavy (non-hydrogen) atoms. The Morgan fingerprint density at radius 1 is 1.44 bits per heavy atom. The first-order valence-electron chi connectivity index (χ1n) is 5.53. The lowest BCUT2D eigenvalue weighted by molar-refractivity contribution is -0.118. The molecule has 1 unspecified atom stereocenters. The molecule has 0 saturated carbocycles. The van der Waals surface area contributed by atoms with Crippen LogP contribution in [0.25, 0.3) is 0 Å². The van der Waals surface area contributed by atoms with E-state index in [0.29, 0.717) is 11.7 Å². The summed E-state index contributed by atoms with van der Waals surface area (Å²) in [7, 11) is 0. The van der Waals surface area contributed by atoms with E-state index in [1.54, 1.807) is 0 Å². The molecule has 4 N–H and O–H groups in total. The van der Waals surface area contributed by atoms with Gasteiger partial charge in [-0.05, 0) is 11.8 Å². The van der Waals surface area contributed by atoms with Gasteiger partial charge in [0.15, 0.2) is 5.82 Å². The highest BCUT2D eigenvalue weighted by atomic mass is 16.2. The van der Waals surface area contributed by atoms with Gasteiger partial charge in [-0.25, -0.2) is 0 Å². The molecule has 0 radical (unpaired) electrons. The van der Waals surface area contributed by atoms with Crippen molar-refractivity contribution < 1.29 is 4.79 Å². The molecule has 1 amide bonds. The first-order chi connectivity index (χ1) is 7.41. The lowest BCUT2D eigenvalue weighted by atomic mass is 10.1. The standard InChI is InChI=1S/C11H20N4O/c1-6(2)8-5-9(15-14-8)13-11(16)10(12)7(3)4/h5-7,10H,12H2,1-4H3,(H2,13,14,15,16). The Bertz CT molecular complexity index is 357. The van der Waals surface area contributed by atoms with Crippen LogP contribution >= 0.6 is 0 Å². The highest BCUT2D eigenvalue weighted by Crippen LogP contribution is 2.15. The van der Waals surface area contributed by atoms with Gasteiger partial charge in [0.05, 0.1) is 6.04 Å². The minimum Gasteiger partial charge on any atom is -0.320 e. The molecule has 0 aromatic carbocycles. The van der Waals surface area contributed by atoms with Gasteiger partial charge in [0.2, 0.25) is 5.91 Å². The molecule has 1 aromatic heterocycles. The topological polar surface area (TPSA) is 83.8 Å². The summed E-state index contributed by atoms with van der Waals surface area (Å²) in [6.07, 6.45) is 0. The summed E-state index contributed by atoms with van der Waals surface area (Å²) in [6.45, 7) is 7.93. The molecule has 0 aliphatic carbocycles. The van der Waals surface area contributed by atoms with Crippen molar-refractivity contribution in [2.75, 3.05) is 5.32 Å². The number of nitrogens with zero attached hydrogens (tertiary/aromatic N) is 1. The number of aromatic amines is 1. The Kier molecular flexibility index (Phi) is 4.06. The molecule has 1 atom stereocenters. The van der Waals surface area contributed by atoms with Crippen LogP contribution in [0.2, 0.25) is 0 Å². The highest BCUT2D eigenvalue weighted by molar-refractivity contribution is 5.94. The lowest BCUT2D eigenvalue weighted by Crippen LogP contribution is -2.39. The maximum Gasteiger partial charge on any atom is 0.242 e. The van der Waals surface area contributed by atoms with Crippen LogP contribution < -0.4 is 11.1 Å². The van der Waals surface area contributed by atoms with Crippen LogP contribution in [0, 0.1) is 5.92 Å². The number of hydrogen-bond acceptors (Lipinski definition) is 3. The van der Waals surface area contributed by atoms with Crippen LogP contribution in [0.3, 0.4) is 0 Å². The largest absolute Gasteiger partial charge is 0.320 e. The van der Waals surface area contributed by atoms with Gasteiger partial charge in [0.1, 0.15) is 0 Å². The quantitative estimate of drug-likeness (QED) is 0.723. The first-order valence-corrected chi connectivity index (χ1v) is 5.53. The number of nitrogens with one attached hydrogen (secondary N) is 2. The van der Waals surface area contributed by atoms with E-state index in [1.165, 1.54) is 0 Å². The SMILES string of the molecule is CC(C)c1cc(NC(=O)C(N)C(C)C)n[nH]1. The molecule has 0 aliphatic heterocycles. The van der Waals surface area contributed by atoms with E-state index in [4.69, 9.17) is 5.73 Å². The third kappa shape index (κ3) is 3.06. The van der Waals surface area contributed by atoms with Crippen LogP contribution in [0.5, 0.6) is 0 Å². The minimum absolute atomic E-state index is 0.114. The fourth-order valence-corrected chi connectivity index (χ4v) is 1.21. The van der Waals surface area contributed by atoms with Crippen molar-refractivity contribution in [1.29, 1.82) is 0 Å². The monoisotopic (exact) mass is 224 g/mol. The molecule has 1 aromatic rings. The van der Waals surface area contributed by atoms with Crippen molar-refractivity contribution in [3.8, 4) is 0 Å². The van der Waals surface area contributed by atoms with E-state index in [1.807, 2.05) is 19.9 Å². The van der Waals surface area contributed by atoms with Gasteiger partial charge < -0.3 is 11.1 Å². The van der Waals surface area contributed by atoms with Crippen LogP contribution in [-0.2, 0) is 4.79 Å². The number of rotatable bonds is 4. The molecule has 1 heterocycles. The number of amides is 1. The summed E-state index contributed by atoms with van der Waals surface area (Å²) >= 11 is 0. The molecule has 5 nitrogen and oxygen atoms in total. The van der Waals surface area contributed by atoms with E-state index in [9.17, 15) is 4.79 Å². The van der Waals surface area contributed by atoms with Crippen molar-refractivity contribution in [3.63, 3.8) is 0 Å². The second-order valence-corrected chi connectivity index (χ2v) is 4.62. The molecule has 0 aliphatic rings. The zero-order valence-electron chi connectivity index (χ0n) is 10.2. The Labute approximate surface area is 95.8 Å². The van der Waals surface area contributed by atoms with E-state index in [-0.39, 0.29) is 11.8 Å². The Morgan fingerprint density at radius 2 is 2.06 bits per heavy atom. The summed E-state index contributed by atoms with van der Waals surface area (Å²) in [5.74, 6) is 0.807. The van der Waals surface area contributed by atoms with Gasteiger partial charge in [-0.2, -0.15) is 5.10 Å². The number of hydrogen-bond donors (Lipinski definition) is 3. The molecular weight excluding hydrogens is 204 g/mol. The molecular formula is C11H20N4O. The summed E-state index contributed by atoms with van der Waals surface area (Å²) in [5, 5.41) is 9.57. The number of H-pyrrole nitrogens is 1. The molecule has 0 spiro atoms. The van der Waals surface area contributed by atoms with Crippen LogP contribution in [0.4, 0.5) is 5.82 Å². The molecule has 1 rings (SSSR count).